The van der Waals surface area contributed by atoms with Crippen LogP contribution in [0.2, 0.25) is 15.1 Å². The zero-order valence-electron chi connectivity index (χ0n) is 10.3. The minimum absolute atomic E-state index is 0.0472. The van der Waals surface area contributed by atoms with E-state index in [0.717, 1.165) is 12.8 Å². The second kappa shape index (κ2) is 6.69. The monoisotopic (exact) mass is 320 g/mol. The molecule has 0 aliphatic heterocycles. The first kappa shape index (κ1) is 14.8. The molecule has 104 valence electrons. The molecule has 1 aromatic carbocycles. The molecule has 6 heteroatoms. The number of carbonyl (C=O) groups excluding carboxylic acids is 1. The number of anilines is 1. The highest BCUT2D eigenvalue weighted by atomic mass is 35.5. The fourth-order valence-corrected chi connectivity index (χ4v) is 3.23. The molecule has 1 amide bonds. The summed E-state index contributed by atoms with van der Waals surface area (Å²) in [4.78, 5) is 11.8. The number of hydrogen-bond donors (Lipinski definition) is 2. The normalized spacial score (nSPS) is 15.5. The van der Waals surface area contributed by atoms with E-state index in [2.05, 4.69) is 10.9 Å². The van der Waals surface area contributed by atoms with Crippen molar-refractivity contribution in [3.8, 4) is 0 Å². The van der Waals surface area contributed by atoms with E-state index in [9.17, 15) is 4.79 Å². The quantitative estimate of drug-likeness (QED) is 0.791. The lowest BCUT2D eigenvalue weighted by Crippen LogP contribution is -2.30. The van der Waals surface area contributed by atoms with Gasteiger partial charge in [-0.05, 0) is 30.9 Å². The van der Waals surface area contributed by atoms with Crippen molar-refractivity contribution in [1.29, 1.82) is 0 Å². The van der Waals surface area contributed by atoms with Crippen LogP contribution in [0, 0.1) is 5.92 Å². The van der Waals surface area contributed by atoms with Crippen LogP contribution in [0.1, 0.15) is 32.1 Å². The zero-order chi connectivity index (χ0) is 13.8. The van der Waals surface area contributed by atoms with Gasteiger partial charge in [0.1, 0.15) is 0 Å². The minimum atomic E-state index is -0.0472. The summed E-state index contributed by atoms with van der Waals surface area (Å²) in [5.41, 5.74) is 5.85. The average molecular weight is 322 g/mol. The van der Waals surface area contributed by atoms with Crippen molar-refractivity contribution < 1.29 is 4.79 Å². The van der Waals surface area contributed by atoms with Gasteiger partial charge in [-0.3, -0.25) is 15.6 Å². The average Bonchev–Trinajstić information content (AvgIpc) is 2.80. The summed E-state index contributed by atoms with van der Waals surface area (Å²) in [5, 5.41) is 1.20. The van der Waals surface area contributed by atoms with E-state index in [1.54, 1.807) is 12.1 Å². The maximum atomic E-state index is 11.8. The molecule has 1 fully saturated rings. The van der Waals surface area contributed by atoms with E-state index in [1.807, 2.05) is 0 Å². The topological polar surface area (TPSA) is 41.1 Å². The van der Waals surface area contributed by atoms with E-state index in [-0.39, 0.29) is 5.91 Å². The smallest absolute Gasteiger partial charge is 0.238 e. The number of benzene rings is 1. The summed E-state index contributed by atoms with van der Waals surface area (Å²) in [7, 11) is 0. The van der Waals surface area contributed by atoms with Crippen LogP contribution in [-0.2, 0) is 4.79 Å². The summed E-state index contributed by atoms with van der Waals surface area (Å²) in [6.45, 7) is 0. The molecule has 1 saturated carbocycles. The molecular formula is C13H15Cl3N2O. The van der Waals surface area contributed by atoms with E-state index in [4.69, 9.17) is 34.8 Å². The molecule has 0 bridgehead atoms. The molecule has 1 aliphatic rings. The molecule has 19 heavy (non-hydrogen) atoms. The molecule has 3 nitrogen and oxygen atoms in total. The summed E-state index contributed by atoms with van der Waals surface area (Å²) in [6, 6.07) is 3.14. The van der Waals surface area contributed by atoms with Crippen LogP contribution < -0.4 is 10.9 Å². The molecule has 0 spiro atoms. The third-order valence-corrected chi connectivity index (χ3v) is 4.10. The Kier molecular flexibility index (Phi) is 5.20. The Morgan fingerprint density at radius 2 is 1.74 bits per heavy atom. The van der Waals surface area contributed by atoms with Gasteiger partial charge in [0.2, 0.25) is 5.91 Å². The second-order valence-corrected chi connectivity index (χ2v) is 6.02. The predicted octanol–water partition coefficient (Wildman–Crippen LogP) is 4.67. The predicted molar refractivity (Wildman–Crippen MR) is 79.8 cm³/mol. The van der Waals surface area contributed by atoms with Crippen molar-refractivity contribution in [3.05, 3.63) is 27.2 Å². The number of halogens is 3. The van der Waals surface area contributed by atoms with Gasteiger partial charge in [-0.1, -0.05) is 47.6 Å². The number of rotatable bonds is 4. The van der Waals surface area contributed by atoms with Crippen molar-refractivity contribution in [2.24, 2.45) is 5.92 Å². The van der Waals surface area contributed by atoms with Crippen LogP contribution >= 0.6 is 34.8 Å². The van der Waals surface area contributed by atoms with Gasteiger partial charge in [-0.25, -0.2) is 0 Å². The van der Waals surface area contributed by atoms with Crippen molar-refractivity contribution >= 4 is 46.4 Å². The summed E-state index contributed by atoms with van der Waals surface area (Å²) in [5.74, 6) is 0.451. The van der Waals surface area contributed by atoms with Crippen molar-refractivity contribution in [2.75, 3.05) is 5.43 Å². The third-order valence-electron chi connectivity index (χ3n) is 3.28. The Morgan fingerprint density at radius 1 is 1.16 bits per heavy atom. The Hall–Kier alpha value is -0.640. The van der Waals surface area contributed by atoms with E-state index < -0.39 is 0 Å². The summed E-state index contributed by atoms with van der Waals surface area (Å²) in [6.07, 6.45) is 5.25. The van der Waals surface area contributed by atoms with Gasteiger partial charge >= 0.3 is 0 Å². The van der Waals surface area contributed by atoms with Crippen molar-refractivity contribution in [2.45, 2.75) is 32.1 Å². The maximum Gasteiger partial charge on any atom is 0.238 e. The first-order valence-corrected chi connectivity index (χ1v) is 7.39. The molecule has 0 unspecified atom stereocenters. The van der Waals surface area contributed by atoms with E-state index in [0.29, 0.717) is 33.1 Å². The largest absolute Gasteiger partial charge is 0.296 e. The Labute approximate surface area is 127 Å². The first-order chi connectivity index (χ1) is 9.06. The van der Waals surface area contributed by atoms with Crippen LogP contribution in [0.3, 0.4) is 0 Å². The fourth-order valence-electron chi connectivity index (χ4n) is 2.32. The maximum absolute atomic E-state index is 11.8. The third kappa shape index (κ3) is 4.16. The molecule has 0 radical (unpaired) electrons. The molecule has 1 aromatic rings. The summed E-state index contributed by atoms with van der Waals surface area (Å²) < 4.78 is 0. The molecule has 2 rings (SSSR count). The number of hydrazine groups is 1. The highest BCUT2D eigenvalue weighted by Crippen LogP contribution is 2.33. The number of nitrogens with one attached hydrogen (secondary N) is 2. The molecule has 2 N–H and O–H groups in total. The van der Waals surface area contributed by atoms with Crippen LogP contribution in [0.15, 0.2) is 12.1 Å². The molecular weight excluding hydrogens is 307 g/mol. The number of hydrogen-bond acceptors (Lipinski definition) is 2. The van der Waals surface area contributed by atoms with E-state index >= 15 is 0 Å². The van der Waals surface area contributed by atoms with Crippen LogP contribution in [0.4, 0.5) is 5.69 Å². The zero-order valence-corrected chi connectivity index (χ0v) is 12.6. The van der Waals surface area contributed by atoms with Crippen LogP contribution in [0.5, 0.6) is 0 Å². The molecule has 0 heterocycles. The fraction of sp³-hybridized carbons (Fsp3) is 0.462. The first-order valence-electron chi connectivity index (χ1n) is 6.25. The van der Waals surface area contributed by atoms with Crippen LogP contribution in [-0.4, -0.2) is 5.91 Å². The van der Waals surface area contributed by atoms with Gasteiger partial charge in [-0.15, -0.1) is 0 Å². The Balaban J connectivity index is 1.89. The van der Waals surface area contributed by atoms with Crippen LogP contribution in [0.25, 0.3) is 0 Å². The molecule has 1 aliphatic carbocycles. The van der Waals surface area contributed by atoms with Crippen molar-refractivity contribution in [1.82, 2.24) is 5.43 Å². The highest BCUT2D eigenvalue weighted by Gasteiger charge is 2.18. The highest BCUT2D eigenvalue weighted by molar-refractivity contribution is 6.41. The summed E-state index contributed by atoms with van der Waals surface area (Å²) >= 11 is 17.8. The van der Waals surface area contributed by atoms with Gasteiger partial charge in [0.05, 0.1) is 15.7 Å². The van der Waals surface area contributed by atoms with Gasteiger partial charge in [0.15, 0.2) is 0 Å². The number of amides is 1. The lowest BCUT2D eigenvalue weighted by Gasteiger charge is -2.13. The molecule has 0 atom stereocenters. The SMILES string of the molecule is O=C(CC1CCCC1)NNc1c(Cl)cc(Cl)cc1Cl. The standard InChI is InChI=1S/C13H15Cl3N2O/c14-9-6-10(15)13(11(16)7-9)18-17-12(19)5-8-3-1-2-4-8/h6-8,18H,1-5H2,(H,17,19). The minimum Gasteiger partial charge on any atom is -0.296 e. The van der Waals surface area contributed by atoms with Crippen molar-refractivity contribution in [3.63, 3.8) is 0 Å². The Bertz CT molecular complexity index is 450. The lowest BCUT2D eigenvalue weighted by atomic mass is 10.0. The molecule has 0 saturated heterocycles. The number of carbonyl (C=O) groups is 1. The molecule has 0 aromatic heterocycles. The Morgan fingerprint density at radius 3 is 2.32 bits per heavy atom. The van der Waals surface area contributed by atoms with Gasteiger partial charge in [0, 0.05) is 11.4 Å². The van der Waals surface area contributed by atoms with Gasteiger partial charge in [-0.2, -0.15) is 0 Å². The second-order valence-electron chi connectivity index (χ2n) is 4.77. The van der Waals surface area contributed by atoms with Gasteiger partial charge < -0.3 is 0 Å². The lowest BCUT2D eigenvalue weighted by molar-refractivity contribution is -0.121. The van der Waals surface area contributed by atoms with Gasteiger partial charge in [0.25, 0.3) is 0 Å². The van der Waals surface area contributed by atoms with E-state index in [1.165, 1.54) is 12.8 Å².